The number of carbonyl (C=O) groups is 2. The molecule has 0 saturated carbocycles. The van der Waals surface area contributed by atoms with E-state index in [0.29, 0.717) is 10.7 Å². The molecule has 3 heterocycles. The molecular weight excluding hydrogens is 298 g/mol. The van der Waals surface area contributed by atoms with E-state index in [0.717, 1.165) is 16.2 Å². The molecule has 0 radical (unpaired) electrons. The number of amides is 2. The Bertz CT molecular complexity index is 854. The number of imide groups is 1. The number of benzene rings is 1. The zero-order valence-electron chi connectivity index (χ0n) is 11.3. The van der Waals surface area contributed by atoms with E-state index in [1.54, 1.807) is 12.1 Å². The van der Waals surface area contributed by atoms with E-state index in [4.69, 9.17) is 0 Å². The average molecular weight is 307 g/mol. The zero-order chi connectivity index (χ0) is 15.1. The summed E-state index contributed by atoms with van der Waals surface area (Å²) in [6, 6.07) is 12.9. The van der Waals surface area contributed by atoms with Gasteiger partial charge in [0.2, 0.25) is 0 Å². The van der Waals surface area contributed by atoms with Gasteiger partial charge in [-0.2, -0.15) is 0 Å². The van der Waals surface area contributed by atoms with E-state index in [2.05, 4.69) is 9.97 Å². The lowest BCUT2D eigenvalue weighted by atomic mass is 10.2. The molecule has 0 spiro atoms. The molecule has 5 nitrogen and oxygen atoms in total. The Morgan fingerprint density at radius 3 is 2.55 bits per heavy atom. The third-order valence-electron chi connectivity index (χ3n) is 3.40. The number of hydrogen-bond donors (Lipinski definition) is 0. The molecule has 4 rings (SSSR count). The highest BCUT2D eigenvalue weighted by atomic mass is 32.1. The van der Waals surface area contributed by atoms with Crippen molar-refractivity contribution in [3.63, 3.8) is 0 Å². The second kappa shape index (κ2) is 4.85. The van der Waals surface area contributed by atoms with Crippen LogP contribution in [0.2, 0.25) is 0 Å². The van der Waals surface area contributed by atoms with Crippen molar-refractivity contribution in [2.75, 3.05) is 4.90 Å². The van der Waals surface area contributed by atoms with Gasteiger partial charge in [0, 0.05) is 17.1 Å². The fourth-order valence-corrected chi connectivity index (χ4v) is 3.18. The molecule has 0 atom stereocenters. The highest BCUT2D eigenvalue weighted by molar-refractivity contribution is 7.14. The van der Waals surface area contributed by atoms with Crippen molar-refractivity contribution < 1.29 is 9.59 Å². The van der Waals surface area contributed by atoms with Crippen molar-refractivity contribution in [3.8, 4) is 11.3 Å². The lowest BCUT2D eigenvalue weighted by Crippen LogP contribution is -2.29. The molecule has 0 aliphatic carbocycles. The van der Waals surface area contributed by atoms with Crippen LogP contribution in [0.5, 0.6) is 0 Å². The van der Waals surface area contributed by atoms with Crippen LogP contribution in [-0.4, -0.2) is 21.8 Å². The first-order valence-corrected chi connectivity index (χ1v) is 7.48. The zero-order valence-corrected chi connectivity index (χ0v) is 12.1. The van der Waals surface area contributed by atoms with Gasteiger partial charge in [0.05, 0.1) is 11.3 Å². The lowest BCUT2D eigenvalue weighted by Gasteiger charge is -2.08. The van der Waals surface area contributed by atoms with Gasteiger partial charge < -0.3 is 0 Å². The minimum absolute atomic E-state index is 0.184. The third-order valence-corrected chi connectivity index (χ3v) is 4.23. The van der Waals surface area contributed by atoms with Crippen molar-refractivity contribution in [2.24, 2.45) is 0 Å². The fourth-order valence-electron chi connectivity index (χ4n) is 2.35. The summed E-state index contributed by atoms with van der Waals surface area (Å²) in [5, 5.41) is 2.20. The van der Waals surface area contributed by atoms with Gasteiger partial charge in [-0.3, -0.25) is 14.6 Å². The predicted molar refractivity (Wildman–Crippen MR) is 82.9 cm³/mol. The molecule has 3 aromatic rings. The second-order valence-corrected chi connectivity index (χ2v) is 5.56. The van der Waals surface area contributed by atoms with Crippen LogP contribution in [0.1, 0.15) is 20.8 Å². The van der Waals surface area contributed by atoms with E-state index >= 15 is 0 Å². The summed E-state index contributed by atoms with van der Waals surface area (Å²) in [5.74, 6) is -0.795. The number of thiazole rings is 1. The Kier molecular flexibility index (Phi) is 2.83. The van der Waals surface area contributed by atoms with Gasteiger partial charge >= 0.3 is 0 Å². The number of carbonyl (C=O) groups excluding carboxylic acids is 2. The van der Waals surface area contributed by atoms with Gasteiger partial charge in [-0.15, -0.1) is 11.3 Å². The lowest BCUT2D eigenvalue weighted by molar-refractivity contribution is 0.0924. The summed E-state index contributed by atoms with van der Waals surface area (Å²) in [6.45, 7) is 0. The number of anilines is 1. The van der Waals surface area contributed by atoms with Crippen LogP contribution >= 0.6 is 11.3 Å². The number of aromatic nitrogens is 2. The molecule has 2 aromatic heterocycles. The number of fused-ring (bicyclic) bond motifs is 1. The summed E-state index contributed by atoms with van der Waals surface area (Å²) < 4.78 is 0. The van der Waals surface area contributed by atoms with Crippen molar-refractivity contribution in [3.05, 3.63) is 65.3 Å². The normalized spacial score (nSPS) is 13.5. The van der Waals surface area contributed by atoms with Crippen molar-refractivity contribution in [1.82, 2.24) is 9.97 Å². The number of nitrogens with zero attached hydrogens (tertiary/aromatic N) is 3. The largest absolute Gasteiger partial charge is 0.286 e. The molecule has 22 heavy (non-hydrogen) atoms. The molecule has 1 aliphatic heterocycles. The Morgan fingerprint density at radius 2 is 1.77 bits per heavy atom. The summed E-state index contributed by atoms with van der Waals surface area (Å²) >= 11 is 1.27. The molecule has 106 valence electrons. The van der Waals surface area contributed by atoms with Crippen LogP contribution in [0.3, 0.4) is 0 Å². The van der Waals surface area contributed by atoms with E-state index in [1.165, 1.54) is 17.5 Å². The van der Waals surface area contributed by atoms with Gasteiger partial charge in [-0.05, 0) is 12.1 Å². The van der Waals surface area contributed by atoms with Crippen LogP contribution in [0, 0.1) is 0 Å². The Balaban J connectivity index is 1.74. The summed E-state index contributed by atoms with van der Waals surface area (Å²) in [6.07, 6.45) is 1.50. The highest BCUT2D eigenvalue weighted by Crippen LogP contribution is 2.32. The fraction of sp³-hybridized carbons (Fsp3) is 0. The van der Waals surface area contributed by atoms with Gasteiger partial charge in [-0.1, -0.05) is 30.3 Å². The number of rotatable bonds is 2. The third kappa shape index (κ3) is 1.85. The molecule has 0 N–H and O–H groups in total. The Morgan fingerprint density at radius 1 is 0.955 bits per heavy atom. The first-order chi connectivity index (χ1) is 10.8. The Hall–Kier alpha value is -2.86. The van der Waals surface area contributed by atoms with Crippen LogP contribution in [0.4, 0.5) is 5.13 Å². The molecule has 6 heteroatoms. The average Bonchev–Trinajstić information content (AvgIpc) is 3.13. The van der Waals surface area contributed by atoms with E-state index < -0.39 is 5.91 Å². The Labute approximate surface area is 129 Å². The monoisotopic (exact) mass is 307 g/mol. The molecule has 0 saturated heterocycles. The standard InChI is InChI=1S/C16H9N3O2S/c20-14-11-7-4-8-17-13(11)15(21)19(14)16-18-12(9-22-16)10-5-2-1-3-6-10/h1-9H. The first-order valence-electron chi connectivity index (χ1n) is 6.60. The van der Waals surface area contributed by atoms with E-state index in [1.807, 2.05) is 35.7 Å². The maximum atomic E-state index is 12.4. The second-order valence-electron chi connectivity index (χ2n) is 4.73. The highest BCUT2D eigenvalue weighted by Gasteiger charge is 2.39. The molecule has 1 aliphatic rings. The van der Waals surface area contributed by atoms with Gasteiger partial charge in [-0.25, -0.2) is 9.88 Å². The first kappa shape index (κ1) is 12.8. The van der Waals surface area contributed by atoms with Crippen LogP contribution in [0.15, 0.2) is 54.0 Å². The van der Waals surface area contributed by atoms with Crippen LogP contribution < -0.4 is 4.90 Å². The minimum atomic E-state index is -0.422. The van der Waals surface area contributed by atoms with Crippen molar-refractivity contribution >= 4 is 28.3 Å². The van der Waals surface area contributed by atoms with Gasteiger partial charge in [0.1, 0.15) is 5.69 Å². The molecule has 1 aromatic carbocycles. The summed E-state index contributed by atoms with van der Waals surface area (Å²) in [5.41, 5.74) is 2.19. The number of hydrogen-bond acceptors (Lipinski definition) is 5. The maximum Gasteiger partial charge on any atom is 0.286 e. The van der Waals surface area contributed by atoms with Crippen LogP contribution in [0.25, 0.3) is 11.3 Å². The molecule has 0 bridgehead atoms. The molecule has 2 amide bonds. The van der Waals surface area contributed by atoms with Crippen molar-refractivity contribution in [2.45, 2.75) is 0 Å². The molecule has 0 unspecified atom stereocenters. The van der Waals surface area contributed by atoms with E-state index in [-0.39, 0.29) is 11.6 Å². The molecule has 0 fully saturated rings. The topological polar surface area (TPSA) is 63.2 Å². The summed E-state index contributed by atoms with van der Waals surface area (Å²) in [4.78, 5) is 34.3. The van der Waals surface area contributed by atoms with Gasteiger partial charge in [0.25, 0.3) is 11.8 Å². The minimum Gasteiger partial charge on any atom is -0.268 e. The maximum absolute atomic E-state index is 12.4. The van der Waals surface area contributed by atoms with Crippen molar-refractivity contribution in [1.29, 1.82) is 0 Å². The molecular formula is C16H9N3O2S. The van der Waals surface area contributed by atoms with Crippen LogP contribution in [-0.2, 0) is 0 Å². The summed E-state index contributed by atoms with van der Waals surface area (Å²) in [7, 11) is 0. The predicted octanol–water partition coefficient (Wildman–Crippen LogP) is 3.01. The van der Waals surface area contributed by atoms with E-state index in [9.17, 15) is 9.59 Å². The quantitative estimate of drug-likeness (QED) is 0.683. The van der Waals surface area contributed by atoms with Gasteiger partial charge in [0.15, 0.2) is 5.13 Å². The number of pyridine rings is 1. The smallest absolute Gasteiger partial charge is 0.268 e. The SMILES string of the molecule is O=C1c2cccnc2C(=O)N1c1nc(-c2ccccc2)cs1.